The average molecular weight is 324 g/mol. The van der Waals surface area contributed by atoms with Gasteiger partial charge in [-0.1, -0.05) is 42.5 Å². The summed E-state index contributed by atoms with van der Waals surface area (Å²) < 4.78 is 5.46. The lowest BCUT2D eigenvalue weighted by atomic mass is 9.99. The quantitative estimate of drug-likeness (QED) is 0.919. The maximum absolute atomic E-state index is 12.4. The molecular formula is C20H24N2O2. The fraction of sp³-hybridized carbons (Fsp3) is 0.350. The first-order valence-electron chi connectivity index (χ1n) is 8.39. The minimum absolute atomic E-state index is 0.0188. The Balaban J connectivity index is 1.60. The van der Waals surface area contributed by atoms with Crippen molar-refractivity contribution < 1.29 is 9.53 Å². The van der Waals surface area contributed by atoms with Crippen LogP contribution in [-0.2, 0) is 17.8 Å². The van der Waals surface area contributed by atoms with E-state index in [1.807, 2.05) is 49.4 Å². The van der Waals surface area contributed by atoms with E-state index in [2.05, 4.69) is 16.3 Å². The van der Waals surface area contributed by atoms with Crippen molar-refractivity contribution in [3.63, 3.8) is 0 Å². The third kappa shape index (κ3) is 3.77. The zero-order valence-corrected chi connectivity index (χ0v) is 14.3. The van der Waals surface area contributed by atoms with E-state index in [0.29, 0.717) is 6.54 Å². The second-order valence-corrected chi connectivity index (χ2v) is 6.26. The van der Waals surface area contributed by atoms with Gasteiger partial charge in [-0.25, -0.2) is 0 Å². The van der Waals surface area contributed by atoms with E-state index in [9.17, 15) is 4.79 Å². The Kier molecular flexibility index (Phi) is 5.16. The third-order valence-electron chi connectivity index (χ3n) is 4.57. The van der Waals surface area contributed by atoms with Crippen molar-refractivity contribution in [1.82, 2.24) is 10.2 Å². The molecule has 1 aliphatic rings. The summed E-state index contributed by atoms with van der Waals surface area (Å²) in [5, 5.41) is 3.08. The Hall–Kier alpha value is -2.33. The topological polar surface area (TPSA) is 41.6 Å². The van der Waals surface area contributed by atoms with Gasteiger partial charge < -0.3 is 10.1 Å². The van der Waals surface area contributed by atoms with Gasteiger partial charge in [-0.2, -0.15) is 0 Å². The van der Waals surface area contributed by atoms with Crippen molar-refractivity contribution in [2.45, 2.75) is 25.9 Å². The van der Waals surface area contributed by atoms with Gasteiger partial charge in [0, 0.05) is 18.7 Å². The molecule has 0 radical (unpaired) electrons. The van der Waals surface area contributed by atoms with Crippen LogP contribution in [0.4, 0.5) is 0 Å². The van der Waals surface area contributed by atoms with Crippen LogP contribution in [0, 0.1) is 0 Å². The molecule has 0 aromatic heterocycles. The largest absolute Gasteiger partial charge is 0.496 e. The summed E-state index contributed by atoms with van der Waals surface area (Å²) in [7, 11) is 1.70. The van der Waals surface area contributed by atoms with Crippen LogP contribution in [0.3, 0.4) is 0 Å². The normalized spacial score (nSPS) is 15.4. The van der Waals surface area contributed by atoms with Crippen LogP contribution >= 0.6 is 0 Å². The zero-order valence-electron chi connectivity index (χ0n) is 14.3. The molecule has 0 fully saturated rings. The van der Waals surface area contributed by atoms with E-state index in [1.54, 1.807) is 7.11 Å². The number of carbonyl (C=O) groups is 1. The van der Waals surface area contributed by atoms with Crippen molar-refractivity contribution in [3.05, 3.63) is 65.2 Å². The van der Waals surface area contributed by atoms with Gasteiger partial charge in [0.05, 0.1) is 19.7 Å². The molecule has 4 nitrogen and oxygen atoms in total. The molecule has 24 heavy (non-hydrogen) atoms. The van der Waals surface area contributed by atoms with Crippen LogP contribution in [0.5, 0.6) is 5.75 Å². The Morgan fingerprint density at radius 1 is 1.21 bits per heavy atom. The predicted octanol–water partition coefficient (Wildman–Crippen LogP) is 2.93. The van der Waals surface area contributed by atoms with Crippen LogP contribution in [0.2, 0.25) is 0 Å². The molecule has 126 valence electrons. The van der Waals surface area contributed by atoms with E-state index < -0.39 is 0 Å². The molecule has 0 bridgehead atoms. The smallest absolute Gasteiger partial charge is 0.234 e. The van der Waals surface area contributed by atoms with Crippen molar-refractivity contribution in [1.29, 1.82) is 0 Å². The Bertz CT molecular complexity index is 686. The van der Waals surface area contributed by atoms with Crippen LogP contribution in [0.25, 0.3) is 0 Å². The minimum atomic E-state index is 0.0188. The van der Waals surface area contributed by atoms with Gasteiger partial charge >= 0.3 is 0 Å². The molecule has 4 heteroatoms. The summed E-state index contributed by atoms with van der Waals surface area (Å²) in [6, 6.07) is 16.2. The molecule has 2 aromatic rings. The monoisotopic (exact) mass is 324 g/mol. The highest BCUT2D eigenvalue weighted by Crippen LogP contribution is 2.27. The van der Waals surface area contributed by atoms with Gasteiger partial charge in [0.1, 0.15) is 5.75 Å². The molecule has 1 amide bonds. The van der Waals surface area contributed by atoms with E-state index in [1.165, 1.54) is 11.1 Å². The van der Waals surface area contributed by atoms with Crippen LogP contribution in [0.1, 0.15) is 29.7 Å². The number of methoxy groups -OCH3 is 1. The predicted molar refractivity (Wildman–Crippen MR) is 95.0 cm³/mol. The lowest BCUT2D eigenvalue weighted by Gasteiger charge is -2.29. The number of ether oxygens (including phenoxy) is 1. The van der Waals surface area contributed by atoms with E-state index in [-0.39, 0.29) is 11.9 Å². The summed E-state index contributed by atoms with van der Waals surface area (Å²) in [6.45, 7) is 4.08. The molecule has 1 heterocycles. The number of rotatable bonds is 5. The molecule has 1 aliphatic heterocycles. The second-order valence-electron chi connectivity index (χ2n) is 6.26. The van der Waals surface area contributed by atoms with E-state index >= 15 is 0 Å². The molecule has 1 N–H and O–H groups in total. The molecule has 0 saturated carbocycles. The number of carbonyl (C=O) groups excluding carboxylic acids is 1. The maximum Gasteiger partial charge on any atom is 0.234 e. The standard InChI is InChI=1S/C20H24N2O2/c1-15(16-7-4-3-5-8-16)21-20(23)14-22-12-11-17-9-6-10-19(24-2)18(17)13-22/h3-10,15H,11-14H2,1-2H3,(H,21,23). The van der Waals surface area contributed by atoms with Gasteiger partial charge in [-0.05, 0) is 30.5 Å². The number of fused-ring (bicyclic) bond motifs is 1. The van der Waals surface area contributed by atoms with Gasteiger partial charge in [0.15, 0.2) is 0 Å². The molecule has 3 rings (SSSR count). The molecule has 0 saturated heterocycles. The summed E-state index contributed by atoms with van der Waals surface area (Å²) in [5.74, 6) is 0.972. The van der Waals surface area contributed by atoms with Crippen LogP contribution < -0.4 is 10.1 Å². The van der Waals surface area contributed by atoms with Crippen LogP contribution in [0.15, 0.2) is 48.5 Å². The zero-order chi connectivity index (χ0) is 16.9. The summed E-state index contributed by atoms with van der Waals surface area (Å²) in [4.78, 5) is 14.6. The molecule has 0 aliphatic carbocycles. The van der Waals surface area contributed by atoms with Crippen LogP contribution in [-0.4, -0.2) is 31.0 Å². The first kappa shape index (κ1) is 16.5. The van der Waals surface area contributed by atoms with E-state index in [0.717, 1.165) is 30.8 Å². The lowest BCUT2D eigenvalue weighted by molar-refractivity contribution is -0.123. The SMILES string of the molecule is COc1cccc2c1CN(CC(=O)NC(C)c1ccccc1)CC2. The number of hydrogen-bond acceptors (Lipinski definition) is 3. The summed E-state index contributed by atoms with van der Waals surface area (Å²) >= 11 is 0. The number of nitrogens with zero attached hydrogens (tertiary/aromatic N) is 1. The van der Waals surface area contributed by atoms with Gasteiger partial charge in [-0.3, -0.25) is 9.69 Å². The van der Waals surface area contributed by atoms with Crippen molar-refractivity contribution in [2.24, 2.45) is 0 Å². The van der Waals surface area contributed by atoms with Crippen molar-refractivity contribution in [2.75, 3.05) is 20.2 Å². The number of hydrogen-bond donors (Lipinski definition) is 1. The minimum Gasteiger partial charge on any atom is -0.496 e. The van der Waals surface area contributed by atoms with Gasteiger partial charge in [0.25, 0.3) is 0 Å². The van der Waals surface area contributed by atoms with Crippen molar-refractivity contribution in [3.8, 4) is 5.75 Å². The molecular weight excluding hydrogens is 300 g/mol. The van der Waals surface area contributed by atoms with Crippen molar-refractivity contribution >= 4 is 5.91 Å². The molecule has 1 unspecified atom stereocenters. The highest BCUT2D eigenvalue weighted by atomic mass is 16.5. The van der Waals surface area contributed by atoms with Gasteiger partial charge in [0.2, 0.25) is 5.91 Å². The first-order chi connectivity index (χ1) is 11.7. The van der Waals surface area contributed by atoms with Gasteiger partial charge in [-0.15, -0.1) is 0 Å². The Morgan fingerprint density at radius 3 is 2.75 bits per heavy atom. The Labute approximate surface area is 143 Å². The highest BCUT2D eigenvalue weighted by molar-refractivity contribution is 5.78. The fourth-order valence-electron chi connectivity index (χ4n) is 3.25. The highest BCUT2D eigenvalue weighted by Gasteiger charge is 2.21. The van der Waals surface area contributed by atoms with E-state index in [4.69, 9.17) is 4.74 Å². The fourth-order valence-corrected chi connectivity index (χ4v) is 3.25. The first-order valence-corrected chi connectivity index (χ1v) is 8.39. The molecule has 0 spiro atoms. The molecule has 2 aromatic carbocycles. The lowest BCUT2D eigenvalue weighted by Crippen LogP contribution is -2.40. The third-order valence-corrected chi connectivity index (χ3v) is 4.57. The average Bonchev–Trinajstić information content (AvgIpc) is 2.61. The molecule has 1 atom stereocenters. The summed E-state index contributed by atoms with van der Waals surface area (Å²) in [6.07, 6.45) is 0.952. The summed E-state index contributed by atoms with van der Waals surface area (Å²) in [5.41, 5.74) is 3.65. The number of benzene rings is 2. The second kappa shape index (κ2) is 7.49. The number of nitrogens with one attached hydrogen (secondary N) is 1. The maximum atomic E-state index is 12.4. The number of amides is 1. The Morgan fingerprint density at radius 2 is 2.00 bits per heavy atom.